The normalized spacial score (nSPS) is 11.0. The topological polar surface area (TPSA) is 119 Å². The van der Waals surface area contributed by atoms with Gasteiger partial charge in [-0.15, -0.1) is 0 Å². The highest BCUT2D eigenvalue weighted by Gasteiger charge is 2.26. The number of benzene rings is 9. The van der Waals surface area contributed by atoms with E-state index in [1.165, 1.54) is 22.3 Å². The van der Waals surface area contributed by atoms with Crippen LogP contribution in [0.4, 0.5) is 5.69 Å². The minimum Gasteiger partial charge on any atom is -0.308 e. The number of rotatable bonds is 8. The van der Waals surface area contributed by atoms with Crippen molar-refractivity contribution in [1.82, 2.24) is 19.5 Å². The van der Waals surface area contributed by atoms with Gasteiger partial charge in [0.15, 0.2) is 23.2 Å². The van der Waals surface area contributed by atoms with Gasteiger partial charge in [0.25, 0.3) is 0 Å². The van der Waals surface area contributed by atoms with Crippen molar-refractivity contribution >= 4 is 27.5 Å². The molecule has 0 aliphatic carbocycles. The smallest absolute Gasteiger partial charge is 0.188 e. The lowest BCUT2D eigenvalue weighted by molar-refractivity contribution is 1.07. The van der Waals surface area contributed by atoms with Crippen molar-refractivity contribution in [2.45, 2.75) is 27.7 Å². The zero-order valence-corrected chi connectivity index (χ0v) is 40.4. The molecule has 0 saturated carbocycles. The van der Waals surface area contributed by atoms with Gasteiger partial charge >= 0.3 is 0 Å². The molecule has 8 nitrogen and oxygen atoms in total. The molecule has 73 heavy (non-hydrogen) atoms. The Hall–Kier alpha value is -10.3. The van der Waals surface area contributed by atoms with E-state index in [0.717, 1.165) is 55.2 Å². The van der Waals surface area contributed by atoms with Crippen LogP contribution in [0.2, 0.25) is 0 Å². The highest BCUT2D eigenvalue weighted by Crippen LogP contribution is 2.47. The zero-order chi connectivity index (χ0) is 50.3. The number of nitrogens with zero attached hydrogens (tertiary/aromatic N) is 8. The molecule has 11 rings (SSSR count). The monoisotopic (exact) mass is 934 g/mol. The van der Waals surface area contributed by atoms with Gasteiger partial charge < -0.3 is 4.57 Å². The summed E-state index contributed by atoms with van der Waals surface area (Å²) in [5.74, 6) is 1.30. The fourth-order valence-corrected chi connectivity index (χ4v) is 10.1. The second-order valence-electron chi connectivity index (χ2n) is 18.3. The van der Waals surface area contributed by atoms with Gasteiger partial charge in [-0.05, 0) is 121 Å². The fraction of sp³-hybridized carbons (Fsp3) is 0.0615. The van der Waals surface area contributed by atoms with Gasteiger partial charge in [-0.2, -0.15) is 15.8 Å². The fourth-order valence-electron chi connectivity index (χ4n) is 10.1. The molecular weight excluding hydrogens is 893 g/mol. The molecule has 0 aliphatic heterocycles. The van der Waals surface area contributed by atoms with Gasteiger partial charge in [-0.25, -0.2) is 19.8 Å². The quantitative estimate of drug-likeness (QED) is 0.140. The molecule has 342 valence electrons. The number of aromatic nitrogens is 4. The van der Waals surface area contributed by atoms with E-state index in [-0.39, 0.29) is 5.56 Å². The lowest BCUT2D eigenvalue weighted by atomic mass is 9.88. The molecule has 0 atom stereocenters. The largest absolute Gasteiger partial charge is 0.308 e. The molecule has 0 unspecified atom stereocenters. The van der Waals surface area contributed by atoms with Crippen LogP contribution in [-0.4, -0.2) is 19.5 Å². The van der Waals surface area contributed by atoms with Crippen LogP contribution in [0.25, 0.3) is 111 Å². The van der Waals surface area contributed by atoms with E-state index in [9.17, 15) is 15.8 Å². The summed E-state index contributed by atoms with van der Waals surface area (Å²) in [7, 11) is 0. The second-order valence-corrected chi connectivity index (χ2v) is 18.3. The molecule has 0 radical (unpaired) electrons. The Kier molecular flexibility index (Phi) is 11.5. The van der Waals surface area contributed by atoms with E-state index in [2.05, 4.69) is 128 Å². The highest BCUT2D eigenvalue weighted by atomic mass is 15.0. The summed E-state index contributed by atoms with van der Waals surface area (Å²) in [6, 6.07) is 67.1. The Bertz CT molecular complexity index is 3970. The zero-order valence-electron chi connectivity index (χ0n) is 40.4. The molecule has 0 bridgehead atoms. The van der Waals surface area contributed by atoms with Crippen LogP contribution in [-0.2, 0) is 0 Å². The summed E-state index contributed by atoms with van der Waals surface area (Å²) in [4.78, 5) is 19.0. The Balaban J connectivity index is 1.31. The summed E-state index contributed by atoms with van der Waals surface area (Å²) in [6.07, 6.45) is 0. The maximum absolute atomic E-state index is 11.0. The third-order valence-corrected chi connectivity index (χ3v) is 13.5. The van der Waals surface area contributed by atoms with Crippen LogP contribution < -0.4 is 0 Å². The van der Waals surface area contributed by atoms with Gasteiger partial charge in [0, 0.05) is 49.7 Å². The molecule has 9 aromatic carbocycles. The minimum absolute atomic E-state index is 0.285. The highest BCUT2D eigenvalue weighted by molar-refractivity contribution is 6.13. The molecule has 11 aromatic rings. The molecule has 0 amide bonds. The molecule has 0 fully saturated rings. The first-order chi connectivity index (χ1) is 35.6. The van der Waals surface area contributed by atoms with Crippen molar-refractivity contribution in [3.8, 4) is 103 Å². The Morgan fingerprint density at radius 2 is 0.877 bits per heavy atom. The van der Waals surface area contributed by atoms with Gasteiger partial charge in [0.05, 0.1) is 52.6 Å². The third kappa shape index (κ3) is 8.22. The first kappa shape index (κ1) is 45.2. The van der Waals surface area contributed by atoms with Crippen LogP contribution in [0.3, 0.4) is 0 Å². The van der Waals surface area contributed by atoms with E-state index < -0.39 is 0 Å². The number of aryl methyl sites for hydroxylation is 4. The average molecular weight is 935 g/mol. The van der Waals surface area contributed by atoms with Crippen molar-refractivity contribution in [3.05, 3.63) is 232 Å². The molecular formula is C65H42N8. The molecule has 8 heteroatoms. The summed E-state index contributed by atoms with van der Waals surface area (Å²) in [5, 5.41) is 34.1. The molecule has 0 spiro atoms. The van der Waals surface area contributed by atoms with E-state index in [4.69, 9.17) is 21.5 Å². The van der Waals surface area contributed by atoms with Crippen LogP contribution in [0.15, 0.2) is 182 Å². The Morgan fingerprint density at radius 3 is 1.34 bits per heavy atom. The molecule has 0 N–H and O–H groups in total. The average Bonchev–Trinajstić information content (AvgIpc) is 3.75. The van der Waals surface area contributed by atoms with E-state index in [1.54, 1.807) is 24.3 Å². The van der Waals surface area contributed by atoms with E-state index in [0.29, 0.717) is 67.8 Å². The van der Waals surface area contributed by atoms with Crippen LogP contribution in [0.1, 0.15) is 38.9 Å². The lowest BCUT2D eigenvalue weighted by Gasteiger charge is -2.22. The summed E-state index contributed by atoms with van der Waals surface area (Å²) in [5.41, 5.74) is 17.4. The molecule has 2 heterocycles. The van der Waals surface area contributed by atoms with Crippen molar-refractivity contribution < 1.29 is 0 Å². The van der Waals surface area contributed by atoms with Gasteiger partial charge in [-0.3, -0.25) is 0 Å². The van der Waals surface area contributed by atoms with Crippen molar-refractivity contribution in [2.75, 3.05) is 0 Å². The van der Waals surface area contributed by atoms with E-state index in [1.807, 2.05) is 84.9 Å². The van der Waals surface area contributed by atoms with Gasteiger partial charge in [-0.1, -0.05) is 139 Å². The minimum atomic E-state index is 0.285. The molecule has 0 saturated heterocycles. The number of hydrogen-bond acceptors (Lipinski definition) is 6. The predicted octanol–water partition coefficient (Wildman–Crippen LogP) is 16.0. The molecule has 0 aliphatic rings. The standard InChI is InChI=1S/C65H42N8/c1-39-16-22-52(41(3)28-39)46-19-26-60-56(32-46)57-33-47(53-23-17-40(2)29-42(53)4)20-27-61(57)73(60)62-58(54-24-18-43(36-66)30-49(54)37-67)34-48(35-59(62)55-25-21-51(69-5)31-50(55)38-68)65-71-63(44-12-8-6-9-13-44)70-64(72-65)45-14-10-7-11-15-45/h6-35H,1-4H3. The summed E-state index contributed by atoms with van der Waals surface area (Å²) < 4.78 is 2.23. The maximum Gasteiger partial charge on any atom is 0.188 e. The first-order valence-corrected chi connectivity index (χ1v) is 23.8. The maximum atomic E-state index is 11.0. The van der Waals surface area contributed by atoms with Gasteiger partial charge in [0.1, 0.15) is 0 Å². The lowest BCUT2D eigenvalue weighted by Crippen LogP contribution is -2.05. The second kappa shape index (κ2) is 18.6. The predicted molar refractivity (Wildman–Crippen MR) is 292 cm³/mol. The summed E-state index contributed by atoms with van der Waals surface area (Å²) in [6.45, 7) is 16.4. The number of fused-ring (bicyclic) bond motifs is 3. The first-order valence-electron chi connectivity index (χ1n) is 23.8. The summed E-state index contributed by atoms with van der Waals surface area (Å²) >= 11 is 0. The third-order valence-electron chi connectivity index (χ3n) is 13.5. The number of hydrogen-bond donors (Lipinski definition) is 0. The Labute approximate surface area is 423 Å². The van der Waals surface area contributed by atoms with Gasteiger partial charge in [0.2, 0.25) is 0 Å². The van der Waals surface area contributed by atoms with Crippen LogP contribution in [0.5, 0.6) is 0 Å². The SMILES string of the molecule is [C-]#[N+]c1ccc(-c2cc(-c3nc(-c4ccccc4)nc(-c4ccccc4)n3)cc(-c3ccc(C#N)cc3C#N)c2-n2c3ccc(-c4ccc(C)cc4C)cc3c3cc(-c4ccc(C)cc4C)ccc32)c(C#N)c1. The van der Waals surface area contributed by atoms with Crippen molar-refractivity contribution in [3.63, 3.8) is 0 Å². The van der Waals surface area contributed by atoms with E-state index >= 15 is 0 Å². The number of nitriles is 3. The van der Waals surface area contributed by atoms with Crippen molar-refractivity contribution in [2.24, 2.45) is 0 Å². The van der Waals surface area contributed by atoms with Crippen LogP contribution >= 0.6 is 0 Å². The molecule has 2 aromatic heterocycles. The Morgan fingerprint density at radius 1 is 0.411 bits per heavy atom. The van der Waals surface area contributed by atoms with Crippen LogP contribution in [0, 0.1) is 68.3 Å². The van der Waals surface area contributed by atoms with Crippen molar-refractivity contribution in [1.29, 1.82) is 15.8 Å².